The van der Waals surface area contributed by atoms with Crippen molar-refractivity contribution in [1.82, 2.24) is 4.31 Å². The number of carboxylic acids is 1. The van der Waals surface area contributed by atoms with Crippen LogP contribution in [0.1, 0.15) is 35.7 Å². The van der Waals surface area contributed by atoms with E-state index in [-0.39, 0.29) is 11.3 Å². The minimum atomic E-state index is -3.31. The Hall–Kier alpha value is -1.40. The standard InChI is InChI=1S/C14H19NO4S/c1-11-6-8-15(9-7-11)20(18,19)10-12-2-4-13(5-3-12)14(16)17/h2-5,11H,6-10H2,1H3,(H,16,17). The van der Waals surface area contributed by atoms with E-state index in [0.29, 0.717) is 24.6 Å². The summed E-state index contributed by atoms with van der Waals surface area (Å²) in [6, 6.07) is 6.00. The summed E-state index contributed by atoms with van der Waals surface area (Å²) in [4.78, 5) is 10.7. The average Bonchev–Trinajstić information content (AvgIpc) is 2.39. The Labute approximate surface area is 119 Å². The third-order valence-electron chi connectivity index (χ3n) is 3.69. The monoisotopic (exact) mass is 297 g/mol. The third-order valence-corrected chi connectivity index (χ3v) is 5.54. The van der Waals surface area contributed by atoms with Gasteiger partial charge in [0.25, 0.3) is 0 Å². The van der Waals surface area contributed by atoms with Gasteiger partial charge in [-0.05, 0) is 36.5 Å². The van der Waals surface area contributed by atoms with Crippen LogP contribution in [-0.4, -0.2) is 36.9 Å². The van der Waals surface area contributed by atoms with Gasteiger partial charge in [0.2, 0.25) is 10.0 Å². The summed E-state index contributed by atoms with van der Waals surface area (Å²) in [7, 11) is -3.31. The smallest absolute Gasteiger partial charge is 0.335 e. The first-order chi connectivity index (χ1) is 9.38. The number of aromatic carboxylic acids is 1. The highest BCUT2D eigenvalue weighted by molar-refractivity contribution is 7.88. The second-order valence-corrected chi connectivity index (χ2v) is 7.31. The molecule has 0 radical (unpaired) electrons. The van der Waals surface area contributed by atoms with Crippen LogP contribution < -0.4 is 0 Å². The fraction of sp³-hybridized carbons (Fsp3) is 0.500. The van der Waals surface area contributed by atoms with E-state index in [4.69, 9.17) is 5.11 Å². The molecule has 1 aromatic rings. The molecule has 0 aliphatic carbocycles. The van der Waals surface area contributed by atoms with Crippen LogP contribution in [0.4, 0.5) is 0 Å². The van der Waals surface area contributed by atoms with Crippen LogP contribution in [-0.2, 0) is 15.8 Å². The molecule has 110 valence electrons. The molecule has 20 heavy (non-hydrogen) atoms. The Morgan fingerprint density at radius 3 is 2.30 bits per heavy atom. The Kier molecular flexibility index (Phi) is 4.45. The summed E-state index contributed by atoms with van der Waals surface area (Å²) >= 11 is 0. The van der Waals surface area contributed by atoms with Crippen molar-refractivity contribution in [1.29, 1.82) is 0 Å². The average molecular weight is 297 g/mol. The van der Waals surface area contributed by atoms with E-state index in [1.807, 2.05) is 0 Å². The van der Waals surface area contributed by atoms with E-state index in [1.54, 1.807) is 12.1 Å². The Bertz CT molecular complexity index is 572. The van der Waals surface area contributed by atoms with Gasteiger partial charge in [-0.2, -0.15) is 0 Å². The fourth-order valence-electron chi connectivity index (χ4n) is 2.31. The van der Waals surface area contributed by atoms with Crippen molar-refractivity contribution in [3.8, 4) is 0 Å². The summed E-state index contributed by atoms with van der Waals surface area (Å²) in [6.07, 6.45) is 1.80. The van der Waals surface area contributed by atoms with Gasteiger partial charge in [0, 0.05) is 13.1 Å². The van der Waals surface area contributed by atoms with Gasteiger partial charge >= 0.3 is 5.97 Å². The first-order valence-corrected chi connectivity index (χ1v) is 8.29. The van der Waals surface area contributed by atoms with Crippen LogP contribution in [0.25, 0.3) is 0 Å². The van der Waals surface area contributed by atoms with Crippen molar-refractivity contribution >= 4 is 16.0 Å². The van der Waals surface area contributed by atoms with Crippen LogP contribution in [0.5, 0.6) is 0 Å². The van der Waals surface area contributed by atoms with Crippen LogP contribution in [0.2, 0.25) is 0 Å². The molecule has 1 saturated heterocycles. The maximum atomic E-state index is 12.3. The van der Waals surface area contributed by atoms with Gasteiger partial charge in [-0.3, -0.25) is 0 Å². The fourth-order valence-corrected chi connectivity index (χ4v) is 3.87. The van der Waals surface area contributed by atoms with Crippen molar-refractivity contribution in [2.75, 3.05) is 13.1 Å². The van der Waals surface area contributed by atoms with Gasteiger partial charge in [-0.1, -0.05) is 19.1 Å². The Balaban J connectivity index is 2.06. The lowest BCUT2D eigenvalue weighted by Crippen LogP contribution is -2.38. The van der Waals surface area contributed by atoms with Gasteiger partial charge in [0.1, 0.15) is 0 Å². The molecule has 1 fully saturated rings. The molecule has 1 N–H and O–H groups in total. The zero-order valence-corrected chi connectivity index (χ0v) is 12.3. The maximum Gasteiger partial charge on any atom is 0.335 e. The lowest BCUT2D eigenvalue weighted by Gasteiger charge is -2.29. The Morgan fingerprint density at radius 2 is 1.80 bits per heavy atom. The third kappa shape index (κ3) is 3.58. The minimum absolute atomic E-state index is 0.0682. The molecule has 0 spiro atoms. The van der Waals surface area contributed by atoms with Crippen LogP contribution in [0, 0.1) is 5.92 Å². The topological polar surface area (TPSA) is 74.7 Å². The molecule has 0 amide bonds. The second-order valence-electron chi connectivity index (χ2n) is 5.34. The molecule has 2 rings (SSSR count). The highest BCUT2D eigenvalue weighted by Crippen LogP contribution is 2.21. The molecule has 0 bridgehead atoms. The van der Waals surface area contributed by atoms with Crippen molar-refractivity contribution in [3.05, 3.63) is 35.4 Å². The highest BCUT2D eigenvalue weighted by atomic mass is 32.2. The molecule has 1 aliphatic rings. The molecule has 0 saturated carbocycles. The first kappa shape index (κ1) is 15.0. The number of sulfonamides is 1. The van der Waals surface area contributed by atoms with E-state index < -0.39 is 16.0 Å². The van der Waals surface area contributed by atoms with Gasteiger partial charge in [-0.25, -0.2) is 17.5 Å². The lowest BCUT2D eigenvalue weighted by molar-refractivity contribution is 0.0697. The van der Waals surface area contributed by atoms with Crippen molar-refractivity contribution in [2.24, 2.45) is 5.92 Å². The molecule has 0 atom stereocenters. The SMILES string of the molecule is CC1CCN(S(=O)(=O)Cc2ccc(C(=O)O)cc2)CC1. The van der Waals surface area contributed by atoms with Gasteiger partial charge in [0.05, 0.1) is 11.3 Å². The van der Waals surface area contributed by atoms with Crippen molar-refractivity contribution in [3.63, 3.8) is 0 Å². The van der Waals surface area contributed by atoms with E-state index in [9.17, 15) is 13.2 Å². The van der Waals surface area contributed by atoms with Gasteiger partial charge in [-0.15, -0.1) is 0 Å². The predicted molar refractivity (Wildman–Crippen MR) is 76.0 cm³/mol. The molecular weight excluding hydrogens is 278 g/mol. The lowest BCUT2D eigenvalue weighted by atomic mass is 10.0. The summed E-state index contributed by atoms with van der Waals surface area (Å²) in [5.74, 6) is -0.498. The number of carbonyl (C=O) groups is 1. The number of hydrogen-bond donors (Lipinski definition) is 1. The van der Waals surface area contributed by atoms with Crippen LogP contribution in [0.15, 0.2) is 24.3 Å². The summed E-state index contributed by atoms with van der Waals surface area (Å²) < 4.78 is 26.1. The zero-order valence-electron chi connectivity index (χ0n) is 11.4. The molecule has 1 aliphatic heterocycles. The molecule has 1 aromatic carbocycles. The van der Waals surface area contributed by atoms with Crippen molar-refractivity contribution < 1.29 is 18.3 Å². The summed E-state index contributed by atoms with van der Waals surface area (Å²) in [6.45, 7) is 3.29. The minimum Gasteiger partial charge on any atom is -0.478 e. The quantitative estimate of drug-likeness (QED) is 0.921. The molecular formula is C14H19NO4S. The number of hydrogen-bond acceptors (Lipinski definition) is 3. The maximum absolute atomic E-state index is 12.3. The Morgan fingerprint density at radius 1 is 1.25 bits per heavy atom. The number of carboxylic acid groups (broad SMARTS) is 1. The number of benzene rings is 1. The van der Waals surface area contributed by atoms with E-state index >= 15 is 0 Å². The van der Waals surface area contributed by atoms with Crippen LogP contribution >= 0.6 is 0 Å². The van der Waals surface area contributed by atoms with Crippen molar-refractivity contribution in [2.45, 2.75) is 25.5 Å². The predicted octanol–water partition coefficient (Wildman–Crippen LogP) is 1.95. The molecule has 0 unspecified atom stereocenters. The molecule has 0 aromatic heterocycles. The van der Waals surface area contributed by atoms with E-state index in [1.165, 1.54) is 16.4 Å². The van der Waals surface area contributed by atoms with Gasteiger partial charge in [0.15, 0.2) is 0 Å². The second kappa shape index (κ2) is 5.93. The molecule has 6 heteroatoms. The van der Waals surface area contributed by atoms with E-state index in [0.717, 1.165) is 12.8 Å². The summed E-state index contributed by atoms with van der Waals surface area (Å²) in [5.41, 5.74) is 0.784. The highest BCUT2D eigenvalue weighted by Gasteiger charge is 2.26. The van der Waals surface area contributed by atoms with Gasteiger partial charge < -0.3 is 5.11 Å². The number of rotatable bonds is 4. The number of piperidine rings is 1. The normalized spacial score (nSPS) is 18.1. The molecule has 5 nitrogen and oxygen atoms in total. The first-order valence-electron chi connectivity index (χ1n) is 6.68. The molecule has 1 heterocycles. The number of nitrogens with zero attached hydrogens (tertiary/aromatic N) is 1. The van der Waals surface area contributed by atoms with E-state index in [2.05, 4.69) is 6.92 Å². The summed E-state index contributed by atoms with van der Waals surface area (Å²) in [5, 5.41) is 8.81. The van der Waals surface area contributed by atoms with Crippen LogP contribution in [0.3, 0.4) is 0 Å². The largest absolute Gasteiger partial charge is 0.478 e. The zero-order chi connectivity index (χ0) is 14.8.